The van der Waals surface area contributed by atoms with Crippen LogP contribution >= 0.6 is 11.3 Å². The third-order valence-electron chi connectivity index (χ3n) is 4.24. The Morgan fingerprint density at radius 3 is 2.08 bits per heavy atom. The fraction of sp³-hybridized carbons (Fsp3) is 0. The van der Waals surface area contributed by atoms with Gasteiger partial charge >= 0.3 is 0 Å². The summed E-state index contributed by atoms with van der Waals surface area (Å²) in [6, 6.07) is 8.26. The molecule has 26 heavy (non-hydrogen) atoms. The second-order valence-corrected chi connectivity index (χ2v) is 6.58. The molecule has 1 aromatic heterocycles. The van der Waals surface area contributed by atoms with Crippen molar-refractivity contribution in [1.29, 1.82) is 0 Å². The van der Waals surface area contributed by atoms with Crippen LogP contribution in [0.2, 0.25) is 0 Å². The van der Waals surface area contributed by atoms with Gasteiger partial charge in [0.1, 0.15) is 17.1 Å². The lowest BCUT2D eigenvalue weighted by Gasteiger charge is -2.21. The van der Waals surface area contributed by atoms with Crippen LogP contribution in [0.3, 0.4) is 0 Å². The first-order chi connectivity index (χ1) is 12.4. The standard InChI is InChI=1S/C18H9NO6S/c20-10-5-3-8(12-2-1-7-26-12)13-15(10)18(23)16-11(21)6-4-9(19(24)25)14(16)17(13)22/h1-7,20-21H. The summed E-state index contributed by atoms with van der Waals surface area (Å²) in [6.07, 6.45) is 0. The summed E-state index contributed by atoms with van der Waals surface area (Å²) in [5, 5.41) is 33.3. The van der Waals surface area contributed by atoms with E-state index in [1.54, 1.807) is 17.5 Å². The molecule has 0 radical (unpaired) electrons. The minimum absolute atomic E-state index is 0.0985. The lowest BCUT2D eigenvalue weighted by Crippen LogP contribution is -2.23. The summed E-state index contributed by atoms with van der Waals surface area (Å²) in [7, 11) is 0. The number of nitrogens with zero attached hydrogens (tertiary/aromatic N) is 1. The van der Waals surface area contributed by atoms with E-state index < -0.39 is 44.8 Å². The van der Waals surface area contributed by atoms with Crippen molar-refractivity contribution in [1.82, 2.24) is 0 Å². The number of nitro benzene ring substituents is 1. The van der Waals surface area contributed by atoms with Gasteiger partial charge in [-0.2, -0.15) is 0 Å². The third-order valence-corrected chi connectivity index (χ3v) is 5.14. The Kier molecular flexibility index (Phi) is 3.38. The first-order valence-corrected chi connectivity index (χ1v) is 8.29. The first kappa shape index (κ1) is 16.0. The number of fused-ring (bicyclic) bond motifs is 2. The largest absolute Gasteiger partial charge is 0.507 e. The van der Waals surface area contributed by atoms with Gasteiger partial charge in [-0.1, -0.05) is 6.07 Å². The predicted molar refractivity (Wildman–Crippen MR) is 93.0 cm³/mol. The SMILES string of the molecule is O=C1c2c(O)ccc(-c3cccs3)c2C(=O)c2c([N+](=O)[O-])ccc(O)c21. The predicted octanol–water partition coefficient (Wildman–Crippen LogP) is 3.51. The normalized spacial score (nSPS) is 12.6. The van der Waals surface area contributed by atoms with Crippen LogP contribution in [0.5, 0.6) is 11.5 Å². The number of aromatic hydroxyl groups is 2. The zero-order chi connectivity index (χ0) is 18.6. The fourth-order valence-corrected chi connectivity index (χ4v) is 3.89. The van der Waals surface area contributed by atoms with Crippen molar-refractivity contribution in [3.05, 3.63) is 74.1 Å². The zero-order valence-corrected chi connectivity index (χ0v) is 13.7. The average molecular weight is 367 g/mol. The molecule has 0 saturated carbocycles. The molecule has 7 nitrogen and oxygen atoms in total. The van der Waals surface area contributed by atoms with Gasteiger partial charge in [0.05, 0.1) is 16.1 Å². The highest BCUT2D eigenvalue weighted by Gasteiger charge is 2.40. The summed E-state index contributed by atoms with van der Waals surface area (Å²) < 4.78 is 0. The molecule has 3 aromatic rings. The van der Waals surface area contributed by atoms with Crippen LogP contribution in [0.15, 0.2) is 41.8 Å². The van der Waals surface area contributed by atoms with Gasteiger partial charge in [0, 0.05) is 22.1 Å². The number of phenolic OH excluding ortho intramolecular Hbond substituents is 2. The van der Waals surface area contributed by atoms with E-state index in [0.717, 1.165) is 12.1 Å². The number of hydrogen-bond acceptors (Lipinski definition) is 7. The Morgan fingerprint density at radius 2 is 1.46 bits per heavy atom. The van der Waals surface area contributed by atoms with Crippen molar-refractivity contribution in [2.75, 3.05) is 0 Å². The number of benzene rings is 2. The Bertz CT molecular complexity index is 1120. The molecule has 2 N–H and O–H groups in total. The summed E-state index contributed by atoms with van der Waals surface area (Å²) in [5.74, 6) is -2.58. The topological polar surface area (TPSA) is 118 Å². The Morgan fingerprint density at radius 1 is 0.846 bits per heavy atom. The van der Waals surface area contributed by atoms with Crippen molar-refractivity contribution in [2.24, 2.45) is 0 Å². The highest BCUT2D eigenvalue weighted by molar-refractivity contribution is 7.13. The van der Waals surface area contributed by atoms with E-state index in [1.165, 1.54) is 23.5 Å². The van der Waals surface area contributed by atoms with E-state index in [1.807, 2.05) is 0 Å². The second kappa shape index (κ2) is 5.50. The van der Waals surface area contributed by atoms with Gasteiger partial charge < -0.3 is 10.2 Å². The van der Waals surface area contributed by atoms with E-state index in [4.69, 9.17) is 0 Å². The van der Waals surface area contributed by atoms with Gasteiger partial charge in [-0.3, -0.25) is 19.7 Å². The Balaban J connectivity index is 2.12. The van der Waals surface area contributed by atoms with Gasteiger partial charge in [-0.25, -0.2) is 0 Å². The van der Waals surface area contributed by atoms with Crippen LogP contribution in [-0.2, 0) is 0 Å². The van der Waals surface area contributed by atoms with Crippen molar-refractivity contribution >= 4 is 28.6 Å². The highest BCUT2D eigenvalue weighted by atomic mass is 32.1. The summed E-state index contributed by atoms with van der Waals surface area (Å²) in [4.78, 5) is 37.3. The van der Waals surface area contributed by atoms with Gasteiger partial charge in [-0.05, 0) is 29.6 Å². The minimum atomic E-state index is -0.827. The molecule has 1 aliphatic carbocycles. The molecular formula is C18H9NO6S. The number of carbonyl (C=O) groups is 2. The number of phenols is 2. The molecule has 4 rings (SSSR count). The van der Waals surface area contributed by atoms with Gasteiger partial charge in [0.15, 0.2) is 0 Å². The smallest absolute Gasteiger partial charge is 0.281 e. The van der Waals surface area contributed by atoms with Gasteiger partial charge in [0.25, 0.3) is 5.69 Å². The van der Waals surface area contributed by atoms with Crippen LogP contribution in [0.4, 0.5) is 5.69 Å². The maximum atomic E-state index is 13.1. The molecule has 0 aliphatic heterocycles. The number of hydrogen-bond donors (Lipinski definition) is 2. The zero-order valence-electron chi connectivity index (χ0n) is 12.9. The number of thiophene rings is 1. The highest BCUT2D eigenvalue weighted by Crippen LogP contribution is 2.44. The maximum absolute atomic E-state index is 13.1. The molecule has 0 spiro atoms. The Labute approximate surface area is 149 Å². The van der Waals surface area contributed by atoms with Crippen LogP contribution in [0.1, 0.15) is 31.8 Å². The number of rotatable bonds is 2. The molecule has 0 fully saturated rings. The fourth-order valence-electron chi connectivity index (χ4n) is 3.14. The van der Waals surface area contributed by atoms with Crippen LogP contribution < -0.4 is 0 Å². The quantitative estimate of drug-likeness (QED) is 0.413. The van der Waals surface area contributed by atoms with Crippen LogP contribution in [-0.4, -0.2) is 26.7 Å². The Hall–Kier alpha value is -3.52. The molecule has 8 heteroatoms. The monoisotopic (exact) mass is 367 g/mol. The second-order valence-electron chi connectivity index (χ2n) is 5.63. The van der Waals surface area contributed by atoms with Crippen LogP contribution in [0, 0.1) is 10.1 Å². The lowest BCUT2D eigenvalue weighted by molar-refractivity contribution is -0.385. The average Bonchev–Trinajstić information content (AvgIpc) is 3.13. The summed E-state index contributed by atoms with van der Waals surface area (Å²) in [5.41, 5.74) is -1.45. The summed E-state index contributed by atoms with van der Waals surface area (Å²) in [6.45, 7) is 0. The molecular weight excluding hydrogens is 358 g/mol. The minimum Gasteiger partial charge on any atom is -0.507 e. The van der Waals surface area contributed by atoms with Crippen molar-refractivity contribution < 1.29 is 24.7 Å². The molecule has 0 bridgehead atoms. The van der Waals surface area contributed by atoms with E-state index in [9.17, 15) is 29.9 Å². The first-order valence-electron chi connectivity index (χ1n) is 7.41. The third kappa shape index (κ3) is 2.06. The number of carbonyl (C=O) groups excluding carboxylic acids is 2. The molecule has 1 aliphatic rings. The van der Waals surface area contributed by atoms with Gasteiger partial charge in [-0.15, -0.1) is 11.3 Å². The molecule has 2 aromatic carbocycles. The van der Waals surface area contributed by atoms with Crippen molar-refractivity contribution in [2.45, 2.75) is 0 Å². The maximum Gasteiger partial charge on any atom is 0.281 e. The van der Waals surface area contributed by atoms with E-state index in [2.05, 4.69) is 0 Å². The van der Waals surface area contributed by atoms with Crippen molar-refractivity contribution in [3.63, 3.8) is 0 Å². The molecule has 128 valence electrons. The molecule has 0 unspecified atom stereocenters. The molecule has 0 saturated heterocycles. The van der Waals surface area contributed by atoms with E-state index in [0.29, 0.717) is 10.4 Å². The molecule has 0 amide bonds. The number of nitro groups is 1. The summed E-state index contributed by atoms with van der Waals surface area (Å²) >= 11 is 1.32. The van der Waals surface area contributed by atoms with Gasteiger partial charge in [0.2, 0.25) is 11.6 Å². The van der Waals surface area contributed by atoms with E-state index in [-0.39, 0.29) is 11.1 Å². The molecule has 0 atom stereocenters. The van der Waals surface area contributed by atoms with Crippen molar-refractivity contribution in [3.8, 4) is 21.9 Å². The lowest BCUT2D eigenvalue weighted by atomic mass is 9.80. The van der Waals surface area contributed by atoms with Crippen LogP contribution in [0.25, 0.3) is 10.4 Å². The molecule has 1 heterocycles. The number of ketones is 2. The van der Waals surface area contributed by atoms with E-state index >= 15 is 0 Å².